The van der Waals surface area contributed by atoms with Crippen LogP contribution in [0.5, 0.6) is 0 Å². The number of amides is 1. The van der Waals surface area contributed by atoms with Gasteiger partial charge < -0.3 is 5.32 Å². The zero-order chi connectivity index (χ0) is 15.9. The fraction of sp³-hybridized carbons (Fsp3) is 0.444. The Morgan fingerprint density at radius 1 is 1.09 bits per heavy atom. The van der Waals surface area contributed by atoms with Crippen LogP contribution in [0.25, 0.3) is 0 Å². The fourth-order valence-electron chi connectivity index (χ4n) is 2.98. The van der Waals surface area contributed by atoms with Gasteiger partial charge in [-0.2, -0.15) is 5.10 Å². The topological polar surface area (TPSA) is 50.2 Å². The lowest BCUT2D eigenvalue weighted by atomic mass is 10.2. The van der Waals surface area contributed by atoms with E-state index in [0.29, 0.717) is 13.1 Å². The Balaban J connectivity index is 1.51. The molecule has 5 nitrogen and oxygen atoms in total. The largest absolute Gasteiger partial charge is 0.322 e. The molecular weight excluding hydrogens is 288 g/mol. The monoisotopic (exact) mass is 312 g/mol. The molecule has 1 aliphatic rings. The number of likely N-dealkylation sites (tertiary alicyclic amines) is 1. The van der Waals surface area contributed by atoms with Gasteiger partial charge in [0.2, 0.25) is 5.91 Å². The van der Waals surface area contributed by atoms with E-state index in [0.717, 1.165) is 18.8 Å². The molecule has 23 heavy (non-hydrogen) atoms. The number of aromatic nitrogens is 2. The van der Waals surface area contributed by atoms with E-state index in [1.807, 2.05) is 29.1 Å². The van der Waals surface area contributed by atoms with E-state index >= 15 is 0 Å². The normalized spacial score (nSPS) is 16.0. The number of rotatable bonds is 5. The van der Waals surface area contributed by atoms with Crippen LogP contribution in [0.3, 0.4) is 0 Å². The molecular formula is C18H24N4O. The van der Waals surface area contributed by atoms with Crippen molar-refractivity contribution in [3.8, 4) is 0 Å². The van der Waals surface area contributed by atoms with E-state index < -0.39 is 0 Å². The van der Waals surface area contributed by atoms with Crippen molar-refractivity contribution in [1.29, 1.82) is 0 Å². The number of nitrogens with zero attached hydrogens (tertiary/aromatic N) is 3. The van der Waals surface area contributed by atoms with Gasteiger partial charge >= 0.3 is 0 Å². The van der Waals surface area contributed by atoms with Crippen LogP contribution in [0.4, 0.5) is 5.69 Å². The van der Waals surface area contributed by atoms with Crippen molar-refractivity contribution in [3.63, 3.8) is 0 Å². The second-order valence-electron chi connectivity index (χ2n) is 6.15. The molecule has 1 saturated heterocycles. The lowest BCUT2D eigenvalue weighted by Crippen LogP contribution is -2.33. The predicted molar refractivity (Wildman–Crippen MR) is 91.3 cm³/mol. The van der Waals surface area contributed by atoms with Crippen molar-refractivity contribution in [2.75, 3.05) is 25.0 Å². The maximum atomic E-state index is 12.2. The summed E-state index contributed by atoms with van der Waals surface area (Å²) >= 11 is 0. The van der Waals surface area contributed by atoms with Gasteiger partial charge in [0.05, 0.1) is 25.0 Å². The minimum absolute atomic E-state index is 0.0474. The number of benzene rings is 1. The lowest BCUT2D eigenvalue weighted by molar-refractivity contribution is -0.117. The zero-order valence-corrected chi connectivity index (χ0v) is 13.4. The van der Waals surface area contributed by atoms with Gasteiger partial charge in [0, 0.05) is 6.20 Å². The van der Waals surface area contributed by atoms with Crippen molar-refractivity contribution in [2.45, 2.75) is 32.2 Å². The van der Waals surface area contributed by atoms with Gasteiger partial charge in [0.15, 0.2) is 0 Å². The number of hydrogen-bond acceptors (Lipinski definition) is 3. The van der Waals surface area contributed by atoms with E-state index in [2.05, 4.69) is 27.4 Å². The molecule has 1 aromatic heterocycles. The third kappa shape index (κ3) is 4.93. The first-order valence-corrected chi connectivity index (χ1v) is 8.38. The molecule has 3 rings (SSSR count). The van der Waals surface area contributed by atoms with E-state index in [9.17, 15) is 4.79 Å². The minimum Gasteiger partial charge on any atom is -0.322 e. The summed E-state index contributed by atoms with van der Waals surface area (Å²) in [5, 5.41) is 7.27. The Morgan fingerprint density at radius 2 is 1.83 bits per heavy atom. The Bertz CT molecular complexity index is 615. The first kappa shape index (κ1) is 15.7. The Kier molecular flexibility index (Phi) is 5.42. The van der Waals surface area contributed by atoms with Gasteiger partial charge in [-0.25, -0.2) is 0 Å². The molecule has 0 aliphatic carbocycles. The van der Waals surface area contributed by atoms with Gasteiger partial charge in [0.1, 0.15) is 0 Å². The molecule has 1 aliphatic heterocycles. The molecule has 0 spiro atoms. The highest BCUT2D eigenvalue weighted by atomic mass is 16.2. The maximum Gasteiger partial charge on any atom is 0.238 e. The van der Waals surface area contributed by atoms with Gasteiger partial charge in [0.25, 0.3) is 0 Å². The summed E-state index contributed by atoms with van der Waals surface area (Å²) in [6, 6.07) is 10.2. The molecule has 0 unspecified atom stereocenters. The highest BCUT2D eigenvalue weighted by molar-refractivity contribution is 5.91. The Labute approximate surface area is 137 Å². The molecule has 1 fully saturated rings. The molecule has 0 saturated carbocycles. The van der Waals surface area contributed by atoms with Crippen LogP contribution in [0, 0.1) is 0 Å². The zero-order valence-electron chi connectivity index (χ0n) is 13.4. The summed E-state index contributed by atoms with van der Waals surface area (Å²) in [5.74, 6) is 0.0474. The molecule has 1 N–H and O–H groups in total. The van der Waals surface area contributed by atoms with E-state index in [1.54, 1.807) is 6.20 Å². The van der Waals surface area contributed by atoms with Gasteiger partial charge in [-0.1, -0.05) is 43.2 Å². The van der Waals surface area contributed by atoms with E-state index in [-0.39, 0.29) is 5.91 Å². The fourth-order valence-corrected chi connectivity index (χ4v) is 2.98. The maximum absolute atomic E-state index is 12.2. The van der Waals surface area contributed by atoms with Gasteiger partial charge in [-0.15, -0.1) is 0 Å². The molecule has 1 amide bonds. The number of hydrogen-bond donors (Lipinski definition) is 1. The van der Waals surface area contributed by atoms with Crippen LogP contribution in [0.15, 0.2) is 42.7 Å². The third-order valence-corrected chi connectivity index (χ3v) is 4.17. The number of nitrogens with one attached hydrogen (secondary N) is 1. The average molecular weight is 312 g/mol. The summed E-state index contributed by atoms with van der Waals surface area (Å²) < 4.78 is 1.84. The van der Waals surface area contributed by atoms with E-state index in [4.69, 9.17) is 0 Å². The predicted octanol–water partition coefficient (Wildman–Crippen LogP) is 2.75. The second-order valence-corrected chi connectivity index (χ2v) is 6.15. The Morgan fingerprint density at radius 3 is 2.57 bits per heavy atom. The second kappa shape index (κ2) is 7.92. The standard InChI is InChI=1S/C18H24N4O/c23-18(15-21-10-6-1-2-7-11-21)20-17-12-19-22(14-17)13-16-8-4-3-5-9-16/h3-5,8-9,12,14H,1-2,6-7,10-11,13,15H2,(H,20,23). The highest BCUT2D eigenvalue weighted by Crippen LogP contribution is 2.11. The van der Waals surface area contributed by atoms with Crippen molar-refractivity contribution in [3.05, 3.63) is 48.3 Å². The van der Waals surface area contributed by atoms with Crippen molar-refractivity contribution >= 4 is 11.6 Å². The molecule has 0 bridgehead atoms. The summed E-state index contributed by atoms with van der Waals surface area (Å²) in [4.78, 5) is 14.4. The minimum atomic E-state index is 0.0474. The number of carbonyl (C=O) groups excluding carboxylic acids is 1. The molecule has 2 aromatic rings. The van der Waals surface area contributed by atoms with Crippen LogP contribution in [0.1, 0.15) is 31.2 Å². The first-order chi connectivity index (χ1) is 11.3. The summed E-state index contributed by atoms with van der Waals surface area (Å²) in [7, 11) is 0. The lowest BCUT2D eigenvalue weighted by Gasteiger charge is -2.18. The van der Waals surface area contributed by atoms with Gasteiger partial charge in [-0.05, 0) is 31.5 Å². The van der Waals surface area contributed by atoms with Crippen LogP contribution < -0.4 is 5.32 Å². The molecule has 1 aromatic carbocycles. The molecule has 0 atom stereocenters. The summed E-state index contributed by atoms with van der Waals surface area (Å²) in [6.45, 7) is 3.24. The van der Waals surface area contributed by atoms with Crippen LogP contribution in [0.2, 0.25) is 0 Å². The van der Waals surface area contributed by atoms with Gasteiger partial charge in [-0.3, -0.25) is 14.4 Å². The first-order valence-electron chi connectivity index (χ1n) is 8.38. The van der Waals surface area contributed by atoms with Crippen molar-refractivity contribution < 1.29 is 4.79 Å². The van der Waals surface area contributed by atoms with Crippen molar-refractivity contribution in [2.24, 2.45) is 0 Å². The van der Waals surface area contributed by atoms with Crippen LogP contribution in [-0.4, -0.2) is 40.2 Å². The third-order valence-electron chi connectivity index (χ3n) is 4.17. The van der Waals surface area contributed by atoms with Crippen LogP contribution >= 0.6 is 0 Å². The number of anilines is 1. The summed E-state index contributed by atoms with van der Waals surface area (Å²) in [6.07, 6.45) is 8.55. The molecule has 0 radical (unpaired) electrons. The van der Waals surface area contributed by atoms with E-state index in [1.165, 1.54) is 31.2 Å². The SMILES string of the molecule is O=C(CN1CCCCCC1)Nc1cnn(Cc2ccccc2)c1. The highest BCUT2D eigenvalue weighted by Gasteiger charge is 2.13. The quantitative estimate of drug-likeness (QED) is 0.923. The number of carbonyl (C=O) groups is 1. The molecule has 5 heteroatoms. The van der Waals surface area contributed by atoms with Crippen molar-refractivity contribution in [1.82, 2.24) is 14.7 Å². The smallest absolute Gasteiger partial charge is 0.238 e. The van der Waals surface area contributed by atoms with Crippen LogP contribution in [-0.2, 0) is 11.3 Å². The average Bonchev–Trinajstić information content (AvgIpc) is 2.82. The summed E-state index contributed by atoms with van der Waals surface area (Å²) in [5.41, 5.74) is 1.96. The molecule has 122 valence electrons. The Hall–Kier alpha value is -2.14. The molecule has 2 heterocycles.